The lowest BCUT2D eigenvalue weighted by molar-refractivity contribution is -0.140. The molecule has 1 aliphatic rings. The molecule has 1 heterocycles. The van der Waals surface area contributed by atoms with Gasteiger partial charge in [0.15, 0.2) is 0 Å². The van der Waals surface area contributed by atoms with E-state index in [0.29, 0.717) is 0 Å². The summed E-state index contributed by atoms with van der Waals surface area (Å²) in [5.74, 6) is -2.09. The number of carbonyl (C=O) groups is 3. The van der Waals surface area contributed by atoms with E-state index in [1.807, 2.05) is 13.8 Å². The molecule has 3 N–H and O–H groups in total. The summed E-state index contributed by atoms with van der Waals surface area (Å²) in [4.78, 5) is 35.0. The number of carboxylic acid groups (broad SMARTS) is 1. The zero-order valence-electron chi connectivity index (χ0n) is 10.0. The van der Waals surface area contributed by atoms with Crippen molar-refractivity contribution in [2.45, 2.75) is 32.7 Å². The van der Waals surface area contributed by atoms with Gasteiger partial charge in [0.05, 0.1) is 12.3 Å². The van der Waals surface area contributed by atoms with Crippen molar-refractivity contribution in [1.82, 2.24) is 4.90 Å². The summed E-state index contributed by atoms with van der Waals surface area (Å²) < 4.78 is 0. The van der Waals surface area contributed by atoms with Crippen molar-refractivity contribution in [2.24, 2.45) is 17.6 Å². The Labute approximate surface area is 99.8 Å². The largest absolute Gasteiger partial charge is 0.481 e. The molecule has 2 atom stereocenters. The highest BCUT2D eigenvalue weighted by molar-refractivity contribution is 5.88. The number of nitrogens with two attached hydrogens (primary N) is 1. The van der Waals surface area contributed by atoms with Gasteiger partial charge in [0, 0.05) is 19.0 Å². The van der Waals surface area contributed by atoms with Crippen LogP contribution < -0.4 is 5.73 Å². The first-order valence-corrected chi connectivity index (χ1v) is 5.63. The van der Waals surface area contributed by atoms with Crippen molar-refractivity contribution in [3.8, 4) is 0 Å². The molecule has 96 valence electrons. The fraction of sp³-hybridized carbons (Fsp3) is 0.727. The predicted molar refractivity (Wildman–Crippen MR) is 59.9 cm³/mol. The number of amides is 2. The first-order chi connectivity index (χ1) is 7.82. The number of hydrogen-bond acceptors (Lipinski definition) is 3. The van der Waals surface area contributed by atoms with Crippen LogP contribution in [0.2, 0.25) is 0 Å². The third-order valence-electron chi connectivity index (χ3n) is 3.11. The summed E-state index contributed by atoms with van der Waals surface area (Å²) in [6.07, 6.45) is -0.00688. The molecule has 0 aromatic carbocycles. The molecule has 0 spiro atoms. The van der Waals surface area contributed by atoms with Crippen LogP contribution in [0.1, 0.15) is 26.7 Å². The van der Waals surface area contributed by atoms with Crippen LogP contribution in [0, 0.1) is 11.8 Å². The minimum absolute atomic E-state index is 0.0293. The quantitative estimate of drug-likeness (QED) is 0.698. The maximum atomic E-state index is 11.7. The topological polar surface area (TPSA) is 101 Å². The van der Waals surface area contributed by atoms with Crippen LogP contribution in [0.25, 0.3) is 0 Å². The molecule has 6 nitrogen and oxygen atoms in total. The predicted octanol–water partition coefficient (Wildman–Crippen LogP) is -0.180. The number of hydrogen-bond donors (Lipinski definition) is 2. The maximum Gasteiger partial charge on any atom is 0.305 e. The summed E-state index contributed by atoms with van der Waals surface area (Å²) in [5, 5.41) is 8.82. The average Bonchev–Trinajstić information content (AvgIpc) is 2.56. The summed E-state index contributed by atoms with van der Waals surface area (Å²) in [6, 6.07) is -0.371. The van der Waals surface area contributed by atoms with E-state index < -0.39 is 17.8 Å². The number of rotatable bonds is 5. The summed E-state index contributed by atoms with van der Waals surface area (Å²) in [7, 11) is 0. The zero-order chi connectivity index (χ0) is 13.2. The van der Waals surface area contributed by atoms with Crippen LogP contribution in [-0.4, -0.2) is 40.4 Å². The number of primary amides is 1. The SMILES string of the molecule is CC(C)C(CC(=O)O)N1CC(C(N)=O)CC1=O. The second-order valence-electron chi connectivity index (χ2n) is 4.76. The van der Waals surface area contributed by atoms with E-state index in [2.05, 4.69) is 0 Å². The summed E-state index contributed by atoms with van der Waals surface area (Å²) >= 11 is 0. The Balaban J connectivity index is 2.78. The van der Waals surface area contributed by atoms with Crippen LogP contribution in [-0.2, 0) is 14.4 Å². The van der Waals surface area contributed by atoms with Gasteiger partial charge in [-0.3, -0.25) is 14.4 Å². The molecule has 0 aromatic heterocycles. The summed E-state index contributed by atoms with van der Waals surface area (Å²) in [6.45, 7) is 3.96. The highest BCUT2D eigenvalue weighted by Gasteiger charge is 2.38. The van der Waals surface area contributed by atoms with Gasteiger partial charge in [0.2, 0.25) is 11.8 Å². The number of nitrogens with zero attached hydrogens (tertiary/aromatic N) is 1. The van der Waals surface area contributed by atoms with E-state index in [0.717, 1.165) is 0 Å². The van der Waals surface area contributed by atoms with E-state index in [-0.39, 0.29) is 37.3 Å². The molecule has 0 aromatic rings. The molecule has 2 amide bonds. The minimum Gasteiger partial charge on any atom is -0.481 e. The number of aliphatic carboxylic acids is 1. The van der Waals surface area contributed by atoms with Crippen LogP contribution in [0.4, 0.5) is 0 Å². The van der Waals surface area contributed by atoms with E-state index >= 15 is 0 Å². The second-order valence-corrected chi connectivity index (χ2v) is 4.76. The number of carbonyl (C=O) groups excluding carboxylic acids is 2. The lowest BCUT2D eigenvalue weighted by atomic mass is 9.99. The van der Waals surface area contributed by atoms with Crippen molar-refractivity contribution < 1.29 is 19.5 Å². The van der Waals surface area contributed by atoms with Crippen molar-refractivity contribution in [3.63, 3.8) is 0 Å². The van der Waals surface area contributed by atoms with Crippen molar-refractivity contribution in [2.75, 3.05) is 6.54 Å². The van der Waals surface area contributed by atoms with Crippen LogP contribution in [0.3, 0.4) is 0 Å². The monoisotopic (exact) mass is 242 g/mol. The van der Waals surface area contributed by atoms with Gasteiger partial charge in [-0.15, -0.1) is 0 Å². The Hall–Kier alpha value is -1.59. The maximum absolute atomic E-state index is 11.7. The van der Waals surface area contributed by atoms with Gasteiger partial charge in [-0.2, -0.15) is 0 Å². The highest BCUT2D eigenvalue weighted by Crippen LogP contribution is 2.25. The van der Waals surface area contributed by atoms with E-state index in [1.165, 1.54) is 4.90 Å². The molecule has 2 unspecified atom stereocenters. The molecule has 0 aliphatic carbocycles. The molecule has 1 aliphatic heterocycles. The highest BCUT2D eigenvalue weighted by atomic mass is 16.4. The molecule has 0 bridgehead atoms. The number of carboxylic acids is 1. The second kappa shape index (κ2) is 5.16. The third-order valence-corrected chi connectivity index (χ3v) is 3.11. The van der Waals surface area contributed by atoms with Gasteiger partial charge in [-0.1, -0.05) is 13.8 Å². The molecule has 0 radical (unpaired) electrons. The lowest BCUT2D eigenvalue weighted by Gasteiger charge is -2.30. The van der Waals surface area contributed by atoms with E-state index in [4.69, 9.17) is 10.8 Å². The van der Waals surface area contributed by atoms with Crippen LogP contribution in [0.15, 0.2) is 0 Å². The van der Waals surface area contributed by atoms with Gasteiger partial charge < -0.3 is 15.7 Å². The molecule has 17 heavy (non-hydrogen) atoms. The molecule has 0 saturated carbocycles. The first kappa shape index (κ1) is 13.5. The fourth-order valence-corrected chi connectivity index (χ4v) is 2.13. The first-order valence-electron chi connectivity index (χ1n) is 5.63. The molecular weight excluding hydrogens is 224 g/mol. The van der Waals surface area contributed by atoms with Gasteiger partial charge >= 0.3 is 5.97 Å². The Morgan fingerprint density at radius 1 is 1.53 bits per heavy atom. The van der Waals surface area contributed by atoms with Crippen molar-refractivity contribution in [3.05, 3.63) is 0 Å². The van der Waals surface area contributed by atoms with Crippen molar-refractivity contribution in [1.29, 1.82) is 0 Å². The van der Waals surface area contributed by atoms with E-state index in [9.17, 15) is 14.4 Å². The third kappa shape index (κ3) is 3.18. The summed E-state index contributed by atoms with van der Waals surface area (Å²) in [5.41, 5.74) is 5.17. The lowest BCUT2D eigenvalue weighted by Crippen LogP contribution is -2.42. The Kier molecular flexibility index (Phi) is 4.09. The normalized spacial score (nSPS) is 21.9. The Morgan fingerprint density at radius 2 is 2.12 bits per heavy atom. The molecule has 1 rings (SSSR count). The Bertz CT molecular complexity index is 340. The minimum atomic E-state index is -0.945. The van der Waals surface area contributed by atoms with Gasteiger partial charge in [0.25, 0.3) is 0 Å². The fourth-order valence-electron chi connectivity index (χ4n) is 2.13. The number of likely N-dealkylation sites (tertiary alicyclic amines) is 1. The van der Waals surface area contributed by atoms with Gasteiger partial charge in [-0.25, -0.2) is 0 Å². The van der Waals surface area contributed by atoms with E-state index in [1.54, 1.807) is 0 Å². The zero-order valence-corrected chi connectivity index (χ0v) is 10.0. The van der Waals surface area contributed by atoms with Crippen LogP contribution in [0.5, 0.6) is 0 Å². The average molecular weight is 242 g/mol. The molecule has 6 heteroatoms. The molecule has 1 fully saturated rings. The van der Waals surface area contributed by atoms with Crippen LogP contribution >= 0.6 is 0 Å². The standard InChI is InChI=1S/C11H18N2O4/c1-6(2)8(4-10(15)16)13-5-7(11(12)17)3-9(13)14/h6-8H,3-5H2,1-2H3,(H2,12,17)(H,15,16). The smallest absolute Gasteiger partial charge is 0.305 e. The van der Waals surface area contributed by atoms with Crippen molar-refractivity contribution >= 4 is 17.8 Å². The van der Waals surface area contributed by atoms with Gasteiger partial charge in [0.1, 0.15) is 0 Å². The van der Waals surface area contributed by atoms with Gasteiger partial charge in [-0.05, 0) is 5.92 Å². The Morgan fingerprint density at radius 3 is 2.47 bits per heavy atom. The molecule has 1 saturated heterocycles. The molecular formula is C11H18N2O4.